The fourth-order valence-corrected chi connectivity index (χ4v) is 2.80. The van der Waals surface area contributed by atoms with Crippen LogP contribution in [0.2, 0.25) is 5.02 Å². The van der Waals surface area contributed by atoms with Crippen LogP contribution >= 0.6 is 11.6 Å². The van der Waals surface area contributed by atoms with E-state index in [0.29, 0.717) is 10.6 Å². The summed E-state index contributed by atoms with van der Waals surface area (Å²) in [6.45, 7) is 3.74. The van der Waals surface area contributed by atoms with Crippen molar-refractivity contribution in [2.24, 2.45) is 0 Å². The Bertz CT molecular complexity index is 688. The van der Waals surface area contributed by atoms with Crippen LogP contribution in [0.4, 0.5) is 5.69 Å². The number of halogens is 1. The highest BCUT2D eigenvalue weighted by molar-refractivity contribution is 6.31. The highest BCUT2D eigenvalue weighted by Gasteiger charge is 2.20. The Balaban J connectivity index is 1.66. The second-order valence-corrected chi connectivity index (χ2v) is 6.12. The van der Waals surface area contributed by atoms with Crippen LogP contribution in [0.1, 0.15) is 28.9 Å². The molecule has 0 radical (unpaired) electrons. The first-order valence-electron chi connectivity index (χ1n) is 7.65. The predicted octanol–water partition coefficient (Wildman–Crippen LogP) is 3.64. The molecule has 1 aliphatic heterocycles. The van der Waals surface area contributed by atoms with Crippen LogP contribution in [0.3, 0.4) is 0 Å². The van der Waals surface area contributed by atoms with Gasteiger partial charge in [-0.1, -0.05) is 29.8 Å². The standard InChI is InChI=1S/C18H19ClN2O2/c1-12-10-20-11-17(23-12)13-5-7-16(8-6-13)21-18(22)14-3-2-4-15(19)9-14/h2-9,12,17,20H,10-11H2,1H3,(H,21,22)/t12?,17-/m1/s1. The molecule has 2 aromatic carbocycles. The van der Waals surface area contributed by atoms with E-state index >= 15 is 0 Å². The topological polar surface area (TPSA) is 50.4 Å². The molecule has 0 bridgehead atoms. The van der Waals surface area contributed by atoms with E-state index in [4.69, 9.17) is 16.3 Å². The number of morpholine rings is 1. The zero-order valence-corrected chi connectivity index (χ0v) is 13.6. The minimum atomic E-state index is -0.176. The molecule has 0 aliphatic carbocycles. The van der Waals surface area contributed by atoms with E-state index in [1.807, 2.05) is 24.3 Å². The minimum Gasteiger partial charge on any atom is -0.368 e. The summed E-state index contributed by atoms with van der Waals surface area (Å²) in [5, 5.41) is 6.77. The van der Waals surface area contributed by atoms with Crippen LogP contribution in [0.5, 0.6) is 0 Å². The highest BCUT2D eigenvalue weighted by atomic mass is 35.5. The number of rotatable bonds is 3. The second-order valence-electron chi connectivity index (χ2n) is 5.68. The van der Waals surface area contributed by atoms with Crippen LogP contribution in [0, 0.1) is 0 Å². The lowest BCUT2D eigenvalue weighted by atomic mass is 10.1. The third-order valence-electron chi connectivity index (χ3n) is 3.79. The van der Waals surface area contributed by atoms with Crippen molar-refractivity contribution in [3.63, 3.8) is 0 Å². The van der Waals surface area contributed by atoms with Gasteiger partial charge in [-0.3, -0.25) is 4.79 Å². The lowest BCUT2D eigenvalue weighted by molar-refractivity contribution is -0.0287. The fourth-order valence-electron chi connectivity index (χ4n) is 2.60. The van der Waals surface area contributed by atoms with Gasteiger partial charge < -0.3 is 15.4 Å². The van der Waals surface area contributed by atoms with E-state index in [1.54, 1.807) is 24.3 Å². The molecule has 1 amide bonds. The number of hydrogen-bond donors (Lipinski definition) is 2. The number of carbonyl (C=O) groups excluding carboxylic acids is 1. The second kappa shape index (κ2) is 7.13. The molecule has 0 spiro atoms. The molecular weight excluding hydrogens is 312 g/mol. The summed E-state index contributed by atoms with van der Waals surface area (Å²) < 4.78 is 5.91. The zero-order valence-electron chi connectivity index (χ0n) is 12.9. The van der Waals surface area contributed by atoms with Gasteiger partial charge in [-0.15, -0.1) is 0 Å². The van der Waals surface area contributed by atoms with Crippen molar-refractivity contribution in [1.29, 1.82) is 0 Å². The molecule has 1 unspecified atom stereocenters. The quantitative estimate of drug-likeness (QED) is 0.903. The van der Waals surface area contributed by atoms with Crippen molar-refractivity contribution in [2.45, 2.75) is 19.1 Å². The molecule has 3 rings (SSSR count). The fraction of sp³-hybridized carbons (Fsp3) is 0.278. The summed E-state index contributed by atoms with van der Waals surface area (Å²) in [7, 11) is 0. The van der Waals surface area contributed by atoms with Crippen LogP contribution in [0.15, 0.2) is 48.5 Å². The lowest BCUT2D eigenvalue weighted by Crippen LogP contribution is -2.38. The van der Waals surface area contributed by atoms with Crippen molar-refractivity contribution in [3.8, 4) is 0 Å². The molecule has 1 fully saturated rings. The summed E-state index contributed by atoms with van der Waals surface area (Å²) in [5.74, 6) is -0.176. The summed E-state index contributed by atoms with van der Waals surface area (Å²) in [5.41, 5.74) is 2.38. The van der Waals surface area contributed by atoms with Crippen molar-refractivity contribution in [1.82, 2.24) is 5.32 Å². The summed E-state index contributed by atoms with van der Waals surface area (Å²) in [6, 6.07) is 14.6. The Labute approximate surface area is 140 Å². The molecule has 4 nitrogen and oxygen atoms in total. The normalized spacial score (nSPS) is 21.0. The molecular formula is C18H19ClN2O2. The Hall–Kier alpha value is -1.88. The van der Waals surface area contributed by atoms with Crippen LogP contribution < -0.4 is 10.6 Å². The first-order chi connectivity index (χ1) is 11.1. The number of carbonyl (C=O) groups is 1. The first kappa shape index (κ1) is 16.0. The largest absolute Gasteiger partial charge is 0.368 e. The average Bonchev–Trinajstić information content (AvgIpc) is 2.55. The zero-order chi connectivity index (χ0) is 16.2. The molecule has 2 aromatic rings. The summed E-state index contributed by atoms with van der Waals surface area (Å²) in [4.78, 5) is 12.2. The van der Waals surface area contributed by atoms with Gasteiger partial charge in [-0.25, -0.2) is 0 Å². The maximum atomic E-state index is 12.2. The van der Waals surface area contributed by atoms with Crippen molar-refractivity contribution >= 4 is 23.2 Å². The van der Waals surface area contributed by atoms with Crippen LogP contribution in [-0.2, 0) is 4.74 Å². The Kier molecular flexibility index (Phi) is 4.96. The lowest BCUT2D eigenvalue weighted by Gasteiger charge is -2.29. The van der Waals surface area contributed by atoms with E-state index in [1.165, 1.54) is 0 Å². The van der Waals surface area contributed by atoms with Gasteiger partial charge in [0.2, 0.25) is 0 Å². The monoisotopic (exact) mass is 330 g/mol. The molecule has 2 atom stereocenters. The van der Waals surface area contributed by atoms with Gasteiger partial charge in [0.1, 0.15) is 0 Å². The minimum absolute atomic E-state index is 0.0523. The molecule has 1 saturated heterocycles. The molecule has 2 N–H and O–H groups in total. The number of ether oxygens (including phenoxy) is 1. The van der Waals surface area contributed by atoms with E-state index in [0.717, 1.165) is 24.3 Å². The molecule has 0 saturated carbocycles. The van der Waals surface area contributed by atoms with Gasteiger partial charge in [-0.05, 0) is 42.8 Å². The van der Waals surface area contributed by atoms with E-state index in [9.17, 15) is 4.79 Å². The third kappa shape index (κ3) is 4.10. The van der Waals surface area contributed by atoms with E-state index in [2.05, 4.69) is 17.6 Å². The molecule has 23 heavy (non-hydrogen) atoms. The number of amides is 1. The van der Waals surface area contributed by atoms with Crippen molar-refractivity contribution in [2.75, 3.05) is 18.4 Å². The number of nitrogens with one attached hydrogen (secondary N) is 2. The first-order valence-corrected chi connectivity index (χ1v) is 8.02. The Morgan fingerprint density at radius 2 is 2.00 bits per heavy atom. The van der Waals surface area contributed by atoms with Crippen LogP contribution in [0.25, 0.3) is 0 Å². The molecule has 1 heterocycles. The smallest absolute Gasteiger partial charge is 0.255 e. The Morgan fingerprint density at radius 1 is 1.22 bits per heavy atom. The Morgan fingerprint density at radius 3 is 2.70 bits per heavy atom. The summed E-state index contributed by atoms with van der Waals surface area (Å²) in [6.07, 6.45) is 0.257. The van der Waals surface area contributed by atoms with Crippen molar-refractivity contribution in [3.05, 3.63) is 64.7 Å². The van der Waals surface area contributed by atoms with Crippen molar-refractivity contribution < 1.29 is 9.53 Å². The maximum absolute atomic E-state index is 12.2. The average molecular weight is 331 g/mol. The molecule has 1 aliphatic rings. The predicted molar refractivity (Wildman–Crippen MR) is 92.0 cm³/mol. The van der Waals surface area contributed by atoms with Gasteiger partial charge in [0, 0.05) is 29.4 Å². The molecule has 120 valence electrons. The van der Waals surface area contributed by atoms with Gasteiger partial charge in [0.25, 0.3) is 5.91 Å². The molecule has 5 heteroatoms. The SMILES string of the molecule is CC1CNC[C@H](c2ccc(NC(=O)c3cccc(Cl)c3)cc2)O1. The van der Waals surface area contributed by atoms with E-state index < -0.39 is 0 Å². The van der Waals surface area contributed by atoms with Crippen LogP contribution in [-0.4, -0.2) is 25.1 Å². The third-order valence-corrected chi connectivity index (χ3v) is 4.02. The number of anilines is 1. The number of benzene rings is 2. The maximum Gasteiger partial charge on any atom is 0.255 e. The van der Waals surface area contributed by atoms with Gasteiger partial charge >= 0.3 is 0 Å². The highest BCUT2D eigenvalue weighted by Crippen LogP contribution is 2.23. The van der Waals surface area contributed by atoms with E-state index in [-0.39, 0.29) is 18.1 Å². The van der Waals surface area contributed by atoms with Gasteiger partial charge in [0.05, 0.1) is 12.2 Å². The van der Waals surface area contributed by atoms with Gasteiger partial charge in [-0.2, -0.15) is 0 Å². The summed E-state index contributed by atoms with van der Waals surface area (Å²) >= 11 is 5.91. The number of hydrogen-bond acceptors (Lipinski definition) is 3. The molecule has 0 aromatic heterocycles. The van der Waals surface area contributed by atoms with Gasteiger partial charge in [0.15, 0.2) is 0 Å².